The van der Waals surface area contributed by atoms with Gasteiger partial charge in [-0.1, -0.05) is 15.9 Å². The number of hydrogen-bond acceptors (Lipinski definition) is 4. The first kappa shape index (κ1) is 14.0. The smallest absolute Gasteiger partial charge is 0.170 e. The van der Waals surface area contributed by atoms with E-state index in [1.807, 2.05) is 36.7 Å². The summed E-state index contributed by atoms with van der Waals surface area (Å²) in [6, 6.07) is 5.56. The lowest BCUT2D eigenvalue weighted by molar-refractivity contribution is 0.189. The molecule has 0 aliphatic heterocycles. The SMILES string of the molecule is Cc1nnc(COc2ccc(Br)cc2[C@@H](C)O)n1C. The van der Waals surface area contributed by atoms with E-state index in [1.54, 1.807) is 6.92 Å². The third-order valence-corrected chi connectivity index (χ3v) is 3.45. The second-order valence-electron chi connectivity index (χ2n) is 4.37. The summed E-state index contributed by atoms with van der Waals surface area (Å²) in [5.74, 6) is 2.24. The minimum absolute atomic E-state index is 0.318. The van der Waals surface area contributed by atoms with E-state index in [0.29, 0.717) is 12.4 Å². The van der Waals surface area contributed by atoms with Gasteiger partial charge in [-0.2, -0.15) is 0 Å². The number of rotatable bonds is 4. The van der Waals surface area contributed by atoms with Crippen molar-refractivity contribution in [1.82, 2.24) is 14.8 Å². The van der Waals surface area contributed by atoms with Crippen LogP contribution in [0.5, 0.6) is 5.75 Å². The predicted molar refractivity (Wildman–Crippen MR) is 74.8 cm³/mol. The summed E-state index contributed by atoms with van der Waals surface area (Å²) >= 11 is 3.38. The second-order valence-corrected chi connectivity index (χ2v) is 5.28. The summed E-state index contributed by atoms with van der Waals surface area (Å²) in [4.78, 5) is 0. The lowest BCUT2D eigenvalue weighted by Crippen LogP contribution is -2.06. The average Bonchev–Trinajstić information content (AvgIpc) is 2.68. The molecule has 0 fully saturated rings. The van der Waals surface area contributed by atoms with Crippen LogP contribution in [0.4, 0.5) is 0 Å². The maximum Gasteiger partial charge on any atom is 0.170 e. The molecule has 0 saturated heterocycles. The van der Waals surface area contributed by atoms with E-state index in [0.717, 1.165) is 21.7 Å². The number of hydrogen-bond donors (Lipinski definition) is 1. The fraction of sp³-hybridized carbons (Fsp3) is 0.385. The van der Waals surface area contributed by atoms with E-state index in [-0.39, 0.29) is 0 Å². The summed E-state index contributed by atoms with van der Waals surface area (Å²) in [7, 11) is 1.89. The molecule has 1 aromatic carbocycles. The zero-order valence-electron chi connectivity index (χ0n) is 11.1. The van der Waals surface area contributed by atoms with E-state index in [1.165, 1.54) is 0 Å². The highest BCUT2D eigenvalue weighted by Crippen LogP contribution is 2.28. The molecule has 0 spiro atoms. The van der Waals surface area contributed by atoms with Crippen LogP contribution in [0.3, 0.4) is 0 Å². The van der Waals surface area contributed by atoms with E-state index >= 15 is 0 Å². The van der Waals surface area contributed by atoms with Crippen molar-refractivity contribution in [3.05, 3.63) is 39.9 Å². The van der Waals surface area contributed by atoms with Gasteiger partial charge < -0.3 is 14.4 Å². The van der Waals surface area contributed by atoms with E-state index in [9.17, 15) is 5.11 Å². The maximum absolute atomic E-state index is 9.75. The predicted octanol–water partition coefficient (Wildman–Crippen LogP) is 2.52. The van der Waals surface area contributed by atoms with Gasteiger partial charge in [0.1, 0.15) is 18.2 Å². The van der Waals surface area contributed by atoms with Gasteiger partial charge >= 0.3 is 0 Å². The van der Waals surface area contributed by atoms with Gasteiger partial charge in [0.25, 0.3) is 0 Å². The van der Waals surface area contributed by atoms with Gasteiger partial charge in [-0.15, -0.1) is 10.2 Å². The Morgan fingerprint density at radius 1 is 1.42 bits per heavy atom. The van der Waals surface area contributed by atoms with E-state index in [4.69, 9.17) is 4.74 Å². The summed E-state index contributed by atoms with van der Waals surface area (Å²) in [5, 5.41) is 17.8. The molecule has 0 unspecified atom stereocenters. The first-order valence-electron chi connectivity index (χ1n) is 5.94. The third-order valence-electron chi connectivity index (χ3n) is 2.96. The minimum Gasteiger partial charge on any atom is -0.485 e. The molecule has 1 N–H and O–H groups in total. The van der Waals surface area contributed by atoms with Crippen LogP contribution < -0.4 is 4.74 Å². The van der Waals surface area contributed by atoms with Crippen molar-refractivity contribution >= 4 is 15.9 Å². The van der Waals surface area contributed by atoms with Gasteiger partial charge in [0.2, 0.25) is 0 Å². The molecule has 19 heavy (non-hydrogen) atoms. The Labute approximate surface area is 120 Å². The van der Waals surface area contributed by atoms with Crippen molar-refractivity contribution in [3.8, 4) is 5.75 Å². The topological polar surface area (TPSA) is 60.2 Å². The van der Waals surface area contributed by atoms with Crippen molar-refractivity contribution < 1.29 is 9.84 Å². The normalized spacial score (nSPS) is 12.5. The van der Waals surface area contributed by atoms with Crippen LogP contribution in [-0.4, -0.2) is 19.9 Å². The molecule has 5 nitrogen and oxygen atoms in total. The molecule has 0 amide bonds. The molecule has 102 valence electrons. The summed E-state index contributed by atoms with van der Waals surface area (Å²) in [5.41, 5.74) is 0.744. The van der Waals surface area contributed by atoms with Crippen molar-refractivity contribution in [2.75, 3.05) is 0 Å². The Kier molecular flexibility index (Phi) is 4.21. The van der Waals surface area contributed by atoms with Crippen molar-refractivity contribution in [2.45, 2.75) is 26.6 Å². The molecule has 1 heterocycles. The molecule has 0 aliphatic rings. The summed E-state index contributed by atoms with van der Waals surface area (Å²) < 4.78 is 8.51. The van der Waals surface area contributed by atoms with Crippen molar-refractivity contribution in [3.63, 3.8) is 0 Å². The standard InChI is InChI=1S/C13H16BrN3O2/c1-8(18)11-6-10(14)4-5-12(11)19-7-13-16-15-9(2)17(13)3/h4-6,8,18H,7H2,1-3H3/t8-/m1/s1. The van der Waals surface area contributed by atoms with Crippen LogP contribution in [0.2, 0.25) is 0 Å². The quantitative estimate of drug-likeness (QED) is 0.938. The number of aromatic nitrogens is 3. The monoisotopic (exact) mass is 325 g/mol. The van der Waals surface area contributed by atoms with Crippen LogP contribution in [0, 0.1) is 6.92 Å². The molecule has 1 aromatic heterocycles. The summed E-state index contributed by atoms with van der Waals surface area (Å²) in [6.45, 7) is 3.91. The van der Waals surface area contributed by atoms with Gasteiger partial charge in [0.15, 0.2) is 5.82 Å². The number of benzene rings is 1. The van der Waals surface area contributed by atoms with Crippen molar-refractivity contribution in [2.24, 2.45) is 7.05 Å². The highest BCUT2D eigenvalue weighted by Gasteiger charge is 2.12. The van der Waals surface area contributed by atoms with Crippen LogP contribution >= 0.6 is 15.9 Å². The average molecular weight is 326 g/mol. The number of aliphatic hydroxyl groups excluding tert-OH is 1. The fourth-order valence-corrected chi connectivity index (χ4v) is 2.08. The van der Waals surface area contributed by atoms with E-state index in [2.05, 4.69) is 26.1 Å². The molecule has 0 aliphatic carbocycles. The molecule has 2 rings (SSSR count). The van der Waals surface area contributed by atoms with Crippen LogP contribution in [0.15, 0.2) is 22.7 Å². The number of ether oxygens (including phenoxy) is 1. The molecule has 2 aromatic rings. The fourth-order valence-electron chi connectivity index (χ4n) is 1.70. The lowest BCUT2D eigenvalue weighted by Gasteiger charge is -2.13. The molecular formula is C13H16BrN3O2. The van der Waals surface area contributed by atoms with Gasteiger partial charge in [0.05, 0.1) is 6.10 Å². The van der Waals surface area contributed by atoms with Gasteiger partial charge in [-0.05, 0) is 32.0 Å². The molecule has 0 bridgehead atoms. The molecule has 1 atom stereocenters. The Bertz CT molecular complexity index is 581. The zero-order valence-corrected chi connectivity index (χ0v) is 12.7. The number of aliphatic hydroxyl groups is 1. The number of aryl methyl sites for hydroxylation is 1. The Morgan fingerprint density at radius 3 is 2.74 bits per heavy atom. The van der Waals surface area contributed by atoms with E-state index < -0.39 is 6.10 Å². The number of halogens is 1. The Morgan fingerprint density at radius 2 is 2.16 bits per heavy atom. The Balaban J connectivity index is 2.17. The van der Waals surface area contributed by atoms with Gasteiger partial charge in [-0.25, -0.2) is 0 Å². The highest BCUT2D eigenvalue weighted by atomic mass is 79.9. The van der Waals surface area contributed by atoms with Gasteiger partial charge in [0, 0.05) is 17.1 Å². The third kappa shape index (κ3) is 3.13. The summed E-state index contributed by atoms with van der Waals surface area (Å²) in [6.07, 6.45) is -0.589. The molecule has 6 heteroatoms. The second kappa shape index (κ2) is 5.71. The molecule has 0 saturated carbocycles. The maximum atomic E-state index is 9.75. The first-order valence-corrected chi connectivity index (χ1v) is 6.73. The zero-order chi connectivity index (χ0) is 14.0. The highest BCUT2D eigenvalue weighted by molar-refractivity contribution is 9.10. The molecule has 0 radical (unpaired) electrons. The number of nitrogens with zero attached hydrogens (tertiary/aromatic N) is 3. The Hall–Kier alpha value is -1.40. The van der Waals surface area contributed by atoms with Crippen LogP contribution in [0.1, 0.15) is 30.2 Å². The minimum atomic E-state index is -0.589. The first-order chi connectivity index (χ1) is 8.99. The largest absolute Gasteiger partial charge is 0.485 e. The van der Waals surface area contributed by atoms with Crippen molar-refractivity contribution in [1.29, 1.82) is 0 Å². The lowest BCUT2D eigenvalue weighted by atomic mass is 10.1. The van der Waals surface area contributed by atoms with Crippen LogP contribution in [0.25, 0.3) is 0 Å². The van der Waals surface area contributed by atoms with Crippen LogP contribution in [-0.2, 0) is 13.7 Å². The molecular weight excluding hydrogens is 310 g/mol. The van der Waals surface area contributed by atoms with Gasteiger partial charge in [-0.3, -0.25) is 0 Å².